The molecule has 0 spiro atoms. The highest BCUT2D eigenvalue weighted by Crippen LogP contribution is 2.28. The van der Waals surface area contributed by atoms with E-state index in [0.717, 1.165) is 24.1 Å². The molecule has 0 saturated carbocycles. The number of benzene rings is 1. The molecule has 0 fully saturated rings. The van der Waals surface area contributed by atoms with Crippen molar-refractivity contribution in [3.05, 3.63) is 33.8 Å². The fraction of sp³-hybridized carbons (Fsp3) is 0.455. The molecule has 1 heterocycles. The van der Waals surface area contributed by atoms with E-state index in [2.05, 4.69) is 46.1 Å². The minimum atomic E-state index is 0.497. The van der Waals surface area contributed by atoms with Crippen molar-refractivity contribution in [1.82, 2.24) is 4.90 Å². The average Bonchev–Trinajstić information content (AvgIpc) is 2.15. The quantitative estimate of drug-likeness (QED) is 0.830. The molecule has 1 unspecified atom stereocenters. The first-order valence-corrected chi connectivity index (χ1v) is 5.67. The Kier molecular flexibility index (Phi) is 2.91. The zero-order valence-corrected chi connectivity index (χ0v) is 9.92. The molecule has 1 aliphatic heterocycles. The van der Waals surface area contributed by atoms with Crippen molar-refractivity contribution >= 4 is 15.9 Å². The molecular formula is C11H15BrN2. The van der Waals surface area contributed by atoms with Gasteiger partial charge in [0.2, 0.25) is 0 Å². The molecule has 0 saturated heterocycles. The summed E-state index contributed by atoms with van der Waals surface area (Å²) < 4.78 is 1.15. The minimum Gasteiger partial charge on any atom is -0.330 e. The van der Waals surface area contributed by atoms with E-state index in [4.69, 9.17) is 5.73 Å². The lowest BCUT2D eigenvalue weighted by atomic mass is 9.90. The van der Waals surface area contributed by atoms with E-state index in [1.165, 1.54) is 11.1 Å². The molecule has 2 nitrogen and oxygen atoms in total. The van der Waals surface area contributed by atoms with Gasteiger partial charge in [-0.1, -0.05) is 22.0 Å². The van der Waals surface area contributed by atoms with Gasteiger partial charge in [-0.05, 0) is 30.3 Å². The third kappa shape index (κ3) is 1.85. The molecule has 1 aromatic carbocycles. The maximum absolute atomic E-state index is 5.78. The van der Waals surface area contributed by atoms with Crippen LogP contribution in [0, 0.1) is 0 Å². The molecule has 0 aliphatic carbocycles. The number of hydrogen-bond donors (Lipinski definition) is 1. The number of hydrogen-bond acceptors (Lipinski definition) is 2. The smallest absolute Gasteiger partial charge is 0.0234 e. The Hall–Kier alpha value is -0.380. The summed E-state index contributed by atoms with van der Waals surface area (Å²) in [6, 6.07) is 6.50. The van der Waals surface area contributed by atoms with Crippen LogP contribution in [0.3, 0.4) is 0 Å². The van der Waals surface area contributed by atoms with Crippen LogP contribution >= 0.6 is 15.9 Å². The van der Waals surface area contributed by atoms with Crippen LogP contribution < -0.4 is 5.73 Å². The Morgan fingerprint density at radius 1 is 1.57 bits per heavy atom. The van der Waals surface area contributed by atoms with Crippen molar-refractivity contribution in [2.75, 3.05) is 20.1 Å². The van der Waals surface area contributed by atoms with Gasteiger partial charge in [-0.25, -0.2) is 0 Å². The fourth-order valence-electron chi connectivity index (χ4n) is 2.14. The van der Waals surface area contributed by atoms with E-state index in [1.807, 2.05) is 0 Å². The molecule has 0 bridgehead atoms. The molecule has 1 atom stereocenters. The Bertz CT molecular complexity index is 338. The maximum Gasteiger partial charge on any atom is 0.0234 e. The first-order valence-electron chi connectivity index (χ1n) is 4.87. The summed E-state index contributed by atoms with van der Waals surface area (Å²) in [6.07, 6.45) is 0. The van der Waals surface area contributed by atoms with Gasteiger partial charge in [0.1, 0.15) is 0 Å². The molecule has 0 amide bonds. The summed E-state index contributed by atoms with van der Waals surface area (Å²) >= 11 is 3.50. The van der Waals surface area contributed by atoms with Gasteiger partial charge < -0.3 is 10.6 Å². The van der Waals surface area contributed by atoms with Crippen molar-refractivity contribution in [2.45, 2.75) is 12.5 Å². The van der Waals surface area contributed by atoms with Crippen molar-refractivity contribution in [1.29, 1.82) is 0 Å². The molecule has 1 aromatic rings. The van der Waals surface area contributed by atoms with Crippen molar-refractivity contribution in [2.24, 2.45) is 5.73 Å². The molecule has 2 rings (SSSR count). The Morgan fingerprint density at radius 3 is 3.07 bits per heavy atom. The summed E-state index contributed by atoms with van der Waals surface area (Å²) in [6.45, 7) is 2.84. The second-order valence-corrected chi connectivity index (χ2v) is 4.89. The number of nitrogens with zero attached hydrogens (tertiary/aromatic N) is 1. The average molecular weight is 255 g/mol. The van der Waals surface area contributed by atoms with Gasteiger partial charge in [0.15, 0.2) is 0 Å². The van der Waals surface area contributed by atoms with Gasteiger partial charge in [0, 0.05) is 30.0 Å². The highest BCUT2D eigenvalue weighted by molar-refractivity contribution is 9.10. The highest BCUT2D eigenvalue weighted by atomic mass is 79.9. The topological polar surface area (TPSA) is 29.3 Å². The van der Waals surface area contributed by atoms with Crippen molar-refractivity contribution < 1.29 is 0 Å². The fourth-order valence-corrected chi connectivity index (χ4v) is 2.55. The van der Waals surface area contributed by atoms with Crippen molar-refractivity contribution in [3.63, 3.8) is 0 Å². The number of halogens is 1. The Balaban J connectivity index is 2.40. The number of rotatable bonds is 1. The summed E-state index contributed by atoms with van der Waals surface area (Å²) in [7, 11) is 2.15. The van der Waals surface area contributed by atoms with Crippen LogP contribution in [0.5, 0.6) is 0 Å². The first kappa shape index (κ1) is 10.1. The molecule has 3 heteroatoms. The Labute approximate surface area is 93.2 Å². The highest BCUT2D eigenvalue weighted by Gasteiger charge is 2.21. The van der Waals surface area contributed by atoms with Crippen LogP contribution in [-0.4, -0.2) is 25.0 Å². The predicted octanol–water partition coefficient (Wildman–Crippen LogP) is 1.94. The van der Waals surface area contributed by atoms with Gasteiger partial charge in [0.05, 0.1) is 0 Å². The maximum atomic E-state index is 5.78. The van der Waals surface area contributed by atoms with Crippen LogP contribution in [0.15, 0.2) is 22.7 Å². The lowest BCUT2D eigenvalue weighted by Gasteiger charge is -2.31. The van der Waals surface area contributed by atoms with Crippen LogP contribution in [0.2, 0.25) is 0 Å². The zero-order valence-electron chi connectivity index (χ0n) is 8.33. The van der Waals surface area contributed by atoms with Gasteiger partial charge in [-0.15, -0.1) is 0 Å². The van der Waals surface area contributed by atoms with Gasteiger partial charge in [-0.2, -0.15) is 0 Å². The number of nitrogens with two attached hydrogens (primary N) is 1. The summed E-state index contributed by atoms with van der Waals surface area (Å²) in [5.74, 6) is 0.497. The lowest BCUT2D eigenvalue weighted by molar-refractivity contribution is 0.283. The summed E-state index contributed by atoms with van der Waals surface area (Å²) in [4.78, 5) is 2.33. The van der Waals surface area contributed by atoms with E-state index in [-0.39, 0.29) is 0 Å². The van der Waals surface area contributed by atoms with Gasteiger partial charge in [0.25, 0.3) is 0 Å². The van der Waals surface area contributed by atoms with Crippen LogP contribution in [0.1, 0.15) is 17.0 Å². The molecule has 2 N–H and O–H groups in total. The largest absolute Gasteiger partial charge is 0.330 e. The van der Waals surface area contributed by atoms with E-state index in [1.54, 1.807) is 0 Å². The van der Waals surface area contributed by atoms with Crippen molar-refractivity contribution in [3.8, 4) is 0 Å². The van der Waals surface area contributed by atoms with E-state index >= 15 is 0 Å². The predicted molar refractivity (Wildman–Crippen MR) is 62.3 cm³/mol. The number of likely N-dealkylation sites (N-methyl/N-ethyl adjacent to an activating group) is 1. The van der Waals surface area contributed by atoms with Gasteiger partial charge in [-0.3, -0.25) is 0 Å². The van der Waals surface area contributed by atoms with Crippen LogP contribution in [0.25, 0.3) is 0 Å². The monoisotopic (exact) mass is 254 g/mol. The standard InChI is InChI=1S/C11H15BrN2/c1-14-6-8-4-10(12)2-3-11(8)9(5-13)7-14/h2-4,9H,5-7,13H2,1H3. The molecule has 14 heavy (non-hydrogen) atoms. The molecule has 76 valence electrons. The van der Waals surface area contributed by atoms with E-state index in [0.29, 0.717) is 5.92 Å². The zero-order chi connectivity index (χ0) is 10.1. The minimum absolute atomic E-state index is 0.497. The second kappa shape index (κ2) is 4.01. The summed E-state index contributed by atoms with van der Waals surface area (Å²) in [5.41, 5.74) is 8.61. The second-order valence-electron chi connectivity index (χ2n) is 3.97. The molecule has 1 aliphatic rings. The first-order chi connectivity index (χ1) is 6.70. The molecular weight excluding hydrogens is 240 g/mol. The van der Waals surface area contributed by atoms with Gasteiger partial charge >= 0.3 is 0 Å². The van der Waals surface area contributed by atoms with E-state index in [9.17, 15) is 0 Å². The number of fused-ring (bicyclic) bond motifs is 1. The SMILES string of the molecule is CN1Cc2cc(Br)ccc2C(CN)C1. The normalized spacial score (nSPS) is 22.1. The lowest BCUT2D eigenvalue weighted by Crippen LogP contribution is -2.33. The Morgan fingerprint density at radius 2 is 2.36 bits per heavy atom. The van der Waals surface area contributed by atoms with Crippen LogP contribution in [-0.2, 0) is 6.54 Å². The third-order valence-corrected chi connectivity index (χ3v) is 3.29. The summed E-state index contributed by atoms with van der Waals surface area (Å²) in [5, 5.41) is 0. The molecule has 0 radical (unpaired) electrons. The third-order valence-electron chi connectivity index (χ3n) is 2.80. The molecule has 0 aromatic heterocycles. The van der Waals surface area contributed by atoms with E-state index < -0.39 is 0 Å². The van der Waals surface area contributed by atoms with Crippen LogP contribution in [0.4, 0.5) is 0 Å².